The molecule has 22 heavy (non-hydrogen) atoms. The Morgan fingerprint density at radius 2 is 2.00 bits per heavy atom. The van der Waals surface area contributed by atoms with Crippen molar-refractivity contribution < 1.29 is 8.42 Å². The van der Waals surface area contributed by atoms with Crippen molar-refractivity contribution in [3.05, 3.63) is 34.7 Å². The minimum atomic E-state index is -3.35. The van der Waals surface area contributed by atoms with Crippen LogP contribution in [0.25, 0.3) is 16.2 Å². The van der Waals surface area contributed by atoms with Crippen LogP contribution in [-0.2, 0) is 10.0 Å². The third-order valence-corrected chi connectivity index (χ3v) is 6.30. The molecule has 1 aliphatic rings. The predicted molar refractivity (Wildman–Crippen MR) is 86.9 cm³/mol. The maximum atomic E-state index is 11.9. The zero-order valence-electron chi connectivity index (χ0n) is 11.2. The van der Waals surface area contributed by atoms with Crippen molar-refractivity contribution in [1.82, 2.24) is 14.6 Å². The number of halogens is 1. The van der Waals surface area contributed by atoms with Gasteiger partial charge in [0.15, 0.2) is 0 Å². The monoisotopic (exact) mass is 354 g/mol. The van der Waals surface area contributed by atoms with Crippen LogP contribution in [0.1, 0.15) is 12.8 Å². The summed E-state index contributed by atoms with van der Waals surface area (Å²) in [6.07, 6.45) is 1.40. The lowest BCUT2D eigenvalue weighted by atomic mass is 10.2. The van der Waals surface area contributed by atoms with Crippen molar-refractivity contribution in [2.75, 3.05) is 4.72 Å². The minimum Gasteiger partial charge on any atom is -0.250 e. The highest BCUT2D eigenvalue weighted by Crippen LogP contribution is 2.30. The van der Waals surface area contributed by atoms with Crippen LogP contribution in [0.5, 0.6) is 0 Å². The first-order valence-electron chi connectivity index (χ1n) is 6.65. The molecule has 1 aromatic carbocycles. The lowest BCUT2D eigenvalue weighted by Crippen LogP contribution is -2.18. The van der Waals surface area contributed by atoms with Crippen LogP contribution in [-0.4, -0.2) is 28.3 Å². The van der Waals surface area contributed by atoms with Crippen molar-refractivity contribution in [1.29, 1.82) is 0 Å². The summed E-state index contributed by atoms with van der Waals surface area (Å²) in [6, 6.07) is 7.38. The molecular weight excluding hydrogens is 344 g/mol. The molecule has 0 amide bonds. The van der Waals surface area contributed by atoms with Crippen molar-refractivity contribution >= 4 is 43.9 Å². The highest BCUT2D eigenvalue weighted by molar-refractivity contribution is 7.93. The molecule has 2 heterocycles. The summed E-state index contributed by atoms with van der Waals surface area (Å²) in [5.74, 6) is 0.119. The van der Waals surface area contributed by atoms with Gasteiger partial charge in [0.2, 0.25) is 15.0 Å². The van der Waals surface area contributed by atoms with Gasteiger partial charge in [-0.05, 0) is 25.0 Å². The first kappa shape index (κ1) is 14.0. The molecular formula is C13H11ClN4O2S2. The Balaban J connectivity index is 1.71. The first-order chi connectivity index (χ1) is 10.5. The summed E-state index contributed by atoms with van der Waals surface area (Å²) in [7, 11) is -3.35. The van der Waals surface area contributed by atoms with E-state index < -0.39 is 10.0 Å². The summed E-state index contributed by atoms with van der Waals surface area (Å²) in [4.78, 5) is 4.86. The van der Waals surface area contributed by atoms with Gasteiger partial charge < -0.3 is 0 Å². The molecule has 6 nitrogen and oxygen atoms in total. The number of fused-ring (bicyclic) bond motifs is 1. The van der Waals surface area contributed by atoms with Crippen LogP contribution in [0.15, 0.2) is 29.6 Å². The van der Waals surface area contributed by atoms with E-state index in [1.807, 2.05) is 17.5 Å². The standard InChI is InChI=1S/C13H11ClN4O2S2/c14-9-3-1-8(2-4-9)11-7-21-13-15-12(16-18(11)13)17-22(19,20)10-5-6-10/h1-4,7,10H,5-6H2,(H,16,17). The van der Waals surface area contributed by atoms with Gasteiger partial charge in [0.05, 0.1) is 10.9 Å². The van der Waals surface area contributed by atoms with Crippen molar-refractivity contribution in [3.63, 3.8) is 0 Å². The molecule has 0 atom stereocenters. The maximum absolute atomic E-state index is 11.9. The highest BCUT2D eigenvalue weighted by atomic mass is 35.5. The van der Waals surface area contributed by atoms with Crippen LogP contribution >= 0.6 is 22.9 Å². The van der Waals surface area contributed by atoms with Crippen LogP contribution in [0.2, 0.25) is 5.02 Å². The fourth-order valence-corrected chi connectivity index (χ4v) is 4.35. The predicted octanol–water partition coefficient (Wildman–Crippen LogP) is 3.02. The number of anilines is 1. The van der Waals surface area contributed by atoms with E-state index in [2.05, 4.69) is 14.8 Å². The fraction of sp³-hybridized carbons (Fsp3) is 0.231. The topological polar surface area (TPSA) is 76.4 Å². The number of hydrogen-bond acceptors (Lipinski definition) is 5. The molecule has 1 saturated carbocycles. The van der Waals surface area contributed by atoms with Crippen LogP contribution < -0.4 is 4.72 Å². The third-order valence-electron chi connectivity index (χ3n) is 3.42. The zero-order chi connectivity index (χ0) is 15.3. The number of benzene rings is 1. The van der Waals surface area contributed by atoms with Crippen LogP contribution in [0.4, 0.5) is 5.95 Å². The molecule has 1 fully saturated rings. The summed E-state index contributed by atoms with van der Waals surface area (Å²) >= 11 is 7.30. The second-order valence-corrected chi connectivity index (χ2v) is 8.34. The van der Waals surface area contributed by atoms with E-state index >= 15 is 0 Å². The molecule has 0 unspecified atom stereocenters. The van der Waals surface area contributed by atoms with Gasteiger partial charge in [-0.25, -0.2) is 17.7 Å². The van der Waals surface area contributed by atoms with Gasteiger partial charge in [-0.3, -0.25) is 0 Å². The number of sulfonamides is 1. The summed E-state index contributed by atoms with van der Waals surface area (Å²) in [5.41, 5.74) is 1.79. The molecule has 1 aliphatic carbocycles. The number of aromatic nitrogens is 3. The zero-order valence-corrected chi connectivity index (χ0v) is 13.6. The van der Waals surface area contributed by atoms with Gasteiger partial charge >= 0.3 is 0 Å². The second-order valence-electron chi connectivity index (χ2n) is 5.10. The van der Waals surface area contributed by atoms with Gasteiger partial charge in [0.25, 0.3) is 5.95 Å². The van der Waals surface area contributed by atoms with E-state index in [0.29, 0.717) is 22.8 Å². The molecule has 0 bridgehead atoms. The second kappa shape index (κ2) is 4.94. The number of hydrogen-bond donors (Lipinski definition) is 1. The molecule has 1 N–H and O–H groups in total. The molecule has 9 heteroatoms. The van der Waals surface area contributed by atoms with Gasteiger partial charge in [-0.2, -0.15) is 4.98 Å². The number of thiazole rings is 1. The summed E-state index contributed by atoms with van der Waals surface area (Å²) in [6.45, 7) is 0. The molecule has 0 radical (unpaired) electrons. The first-order valence-corrected chi connectivity index (χ1v) is 9.45. The molecule has 2 aromatic heterocycles. The largest absolute Gasteiger partial charge is 0.257 e. The van der Waals surface area contributed by atoms with Crippen molar-refractivity contribution in [3.8, 4) is 11.3 Å². The van der Waals surface area contributed by atoms with Gasteiger partial charge in [0.1, 0.15) is 0 Å². The Labute approximate surface area is 135 Å². The quantitative estimate of drug-likeness (QED) is 0.781. The normalized spacial score (nSPS) is 15.3. The molecule has 0 spiro atoms. The molecule has 0 saturated heterocycles. The molecule has 114 valence electrons. The van der Waals surface area contributed by atoms with Gasteiger partial charge in [-0.1, -0.05) is 23.7 Å². The Hall–Kier alpha value is -1.64. The number of rotatable bonds is 4. The average molecular weight is 355 g/mol. The highest BCUT2D eigenvalue weighted by Gasteiger charge is 2.36. The molecule has 3 aromatic rings. The van der Waals surface area contributed by atoms with Gasteiger partial charge in [-0.15, -0.1) is 16.4 Å². The number of nitrogens with one attached hydrogen (secondary N) is 1. The lowest BCUT2D eigenvalue weighted by Gasteiger charge is -2.01. The Morgan fingerprint density at radius 1 is 1.27 bits per heavy atom. The van der Waals surface area contributed by atoms with E-state index in [1.165, 1.54) is 11.3 Å². The van der Waals surface area contributed by atoms with E-state index in [9.17, 15) is 8.42 Å². The van der Waals surface area contributed by atoms with E-state index in [4.69, 9.17) is 11.6 Å². The third kappa shape index (κ3) is 2.47. The smallest absolute Gasteiger partial charge is 0.250 e. The van der Waals surface area contributed by atoms with Gasteiger partial charge in [0, 0.05) is 16.0 Å². The van der Waals surface area contributed by atoms with E-state index in [0.717, 1.165) is 11.3 Å². The summed E-state index contributed by atoms with van der Waals surface area (Å²) < 4.78 is 28.0. The minimum absolute atomic E-state index is 0.119. The molecule has 0 aliphatic heterocycles. The Morgan fingerprint density at radius 3 is 2.68 bits per heavy atom. The lowest BCUT2D eigenvalue weighted by molar-refractivity contribution is 0.599. The summed E-state index contributed by atoms with van der Waals surface area (Å²) in [5, 5.41) is 6.55. The SMILES string of the molecule is O=S(=O)(Nc1nc2scc(-c3ccc(Cl)cc3)n2n1)C1CC1. The van der Waals surface area contributed by atoms with E-state index in [-0.39, 0.29) is 11.2 Å². The van der Waals surface area contributed by atoms with Crippen LogP contribution in [0.3, 0.4) is 0 Å². The maximum Gasteiger partial charge on any atom is 0.257 e. The van der Waals surface area contributed by atoms with Crippen LogP contribution in [0, 0.1) is 0 Å². The number of nitrogens with zero attached hydrogens (tertiary/aromatic N) is 3. The Bertz CT molecular complexity index is 942. The van der Waals surface area contributed by atoms with Crippen molar-refractivity contribution in [2.24, 2.45) is 0 Å². The van der Waals surface area contributed by atoms with Crippen molar-refractivity contribution in [2.45, 2.75) is 18.1 Å². The fourth-order valence-electron chi connectivity index (χ4n) is 2.13. The van der Waals surface area contributed by atoms with E-state index in [1.54, 1.807) is 16.6 Å². The Kier molecular flexibility index (Phi) is 3.14. The molecule has 4 rings (SSSR count). The average Bonchev–Trinajstić information content (AvgIpc) is 3.17.